The summed E-state index contributed by atoms with van der Waals surface area (Å²) in [6.07, 6.45) is 0. The molecule has 1 unspecified atom stereocenters. The maximum Gasteiger partial charge on any atom is 0.300 e. The summed E-state index contributed by atoms with van der Waals surface area (Å²) in [5, 5.41) is 0. The van der Waals surface area contributed by atoms with Gasteiger partial charge >= 0.3 is 0 Å². The van der Waals surface area contributed by atoms with Gasteiger partial charge in [-0.2, -0.15) is 0 Å². The van der Waals surface area contributed by atoms with Gasteiger partial charge < -0.3 is 10.6 Å². The van der Waals surface area contributed by atoms with E-state index in [0.29, 0.717) is 0 Å². The zero-order chi connectivity index (χ0) is 5.86. The Morgan fingerprint density at radius 2 is 2.43 bits per heavy atom. The lowest BCUT2D eigenvalue weighted by Gasteiger charge is -1.85. The molecule has 0 saturated heterocycles. The molecule has 0 bridgehead atoms. The summed E-state index contributed by atoms with van der Waals surface area (Å²) in [7, 11) is 0. The van der Waals surface area contributed by atoms with E-state index in [0.717, 1.165) is 0 Å². The number of hydrogen-bond donors (Lipinski definition) is 1. The predicted molar refractivity (Wildman–Crippen MR) is 25.3 cm³/mol. The highest BCUT2D eigenvalue weighted by Crippen LogP contribution is 1.82. The first-order valence-corrected chi connectivity index (χ1v) is 1.84. The molecule has 0 aliphatic carbocycles. The van der Waals surface area contributed by atoms with Crippen LogP contribution in [0.25, 0.3) is 4.85 Å². The van der Waals surface area contributed by atoms with Gasteiger partial charge in [-0.15, -0.1) is 0 Å². The maximum atomic E-state index is 9.94. The third kappa shape index (κ3) is 1.77. The second-order valence-electron chi connectivity index (χ2n) is 1.21. The van der Waals surface area contributed by atoms with Crippen LogP contribution >= 0.6 is 0 Å². The van der Waals surface area contributed by atoms with Crippen LogP contribution in [0.3, 0.4) is 0 Å². The van der Waals surface area contributed by atoms with Crippen LogP contribution in [-0.2, 0) is 4.79 Å². The van der Waals surface area contributed by atoms with Crippen molar-refractivity contribution >= 4 is 5.91 Å². The fourth-order valence-corrected chi connectivity index (χ4v) is 0.0636. The highest BCUT2D eigenvalue weighted by Gasteiger charge is 2.09. The summed E-state index contributed by atoms with van der Waals surface area (Å²) in [5.74, 6) is -0.560. The number of nitrogens with two attached hydrogens (primary N) is 1. The molecule has 0 aliphatic rings. The highest BCUT2D eigenvalue weighted by atomic mass is 16.1. The van der Waals surface area contributed by atoms with E-state index in [1.54, 1.807) is 0 Å². The monoisotopic (exact) mass is 98.0 g/mol. The minimum atomic E-state index is -0.667. The van der Waals surface area contributed by atoms with Crippen molar-refractivity contribution in [3.63, 3.8) is 0 Å². The molecule has 2 N–H and O–H groups in total. The molecule has 38 valence electrons. The molecule has 0 saturated carbocycles. The Kier molecular flexibility index (Phi) is 1.86. The first-order valence-electron chi connectivity index (χ1n) is 1.84. The maximum absolute atomic E-state index is 9.94. The zero-order valence-electron chi connectivity index (χ0n) is 4.01. The Hall–Kier alpha value is -1.04. The summed E-state index contributed by atoms with van der Waals surface area (Å²) in [5.41, 5.74) is 4.69. The third-order valence-electron chi connectivity index (χ3n) is 0.605. The Balaban J connectivity index is 3.63. The van der Waals surface area contributed by atoms with Gasteiger partial charge in [-0.05, 0) is 0 Å². The van der Waals surface area contributed by atoms with E-state index in [1.165, 1.54) is 6.92 Å². The average Bonchev–Trinajstić information content (AvgIpc) is 1.65. The molecule has 3 nitrogen and oxygen atoms in total. The molecular weight excluding hydrogens is 92.1 g/mol. The second kappa shape index (κ2) is 2.19. The van der Waals surface area contributed by atoms with E-state index >= 15 is 0 Å². The van der Waals surface area contributed by atoms with Crippen LogP contribution in [0.5, 0.6) is 0 Å². The van der Waals surface area contributed by atoms with E-state index in [1.807, 2.05) is 0 Å². The van der Waals surface area contributed by atoms with Crippen LogP contribution in [0, 0.1) is 6.57 Å². The number of carbonyl (C=O) groups is 1. The SMILES string of the molecule is [C-]#[N+]C(C)C(N)=O. The van der Waals surface area contributed by atoms with Crippen LogP contribution < -0.4 is 5.73 Å². The normalized spacial score (nSPS) is 12.0. The van der Waals surface area contributed by atoms with Gasteiger partial charge in [0.15, 0.2) is 0 Å². The predicted octanol–water partition coefficient (Wildman–Crippen LogP) is -0.221. The van der Waals surface area contributed by atoms with E-state index in [9.17, 15) is 4.79 Å². The molecule has 1 amide bonds. The molecule has 0 fully saturated rings. The van der Waals surface area contributed by atoms with Gasteiger partial charge in [0.2, 0.25) is 0 Å². The summed E-state index contributed by atoms with van der Waals surface area (Å²) >= 11 is 0. The van der Waals surface area contributed by atoms with Crippen LogP contribution in [0.15, 0.2) is 0 Å². The summed E-state index contributed by atoms with van der Waals surface area (Å²) in [6, 6.07) is -0.667. The van der Waals surface area contributed by atoms with Gasteiger partial charge in [-0.1, -0.05) is 0 Å². The number of rotatable bonds is 1. The molecular formula is C4H6N2O. The quantitative estimate of drug-likeness (QED) is 0.453. The molecule has 0 radical (unpaired) electrons. The smallest absolute Gasteiger partial charge is 0.300 e. The van der Waals surface area contributed by atoms with Crippen LogP contribution in [0.2, 0.25) is 0 Å². The molecule has 0 heterocycles. The minimum Gasteiger partial charge on any atom is -0.363 e. The highest BCUT2D eigenvalue weighted by molar-refractivity contribution is 5.80. The second-order valence-corrected chi connectivity index (χ2v) is 1.21. The lowest BCUT2D eigenvalue weighted by atomic mass is 10.4. The van der Waals surface area contributed by atoms with E-state index in [-0.39, 0.29) is 0 Å². The van der Waals surface area contributed by atoms with Crippen molar-refractivity contribution in [2.75, 3.05) is 0 Å². The number of nitrogens with zero attached hydrogens (tertiary/aromatic N) is 1. The van der Waals surface area contributed by atoms with Crippen LogP contribution in [-0.4, -0.2) is 11.9 Å². The van der Waals surface area contributed by atoms with Crippen molar-refractivity contribution in [2.45, 2.75) is 13.0 Å². The van der Waals surface area contributed by atoms with Crippen LogP contribution in [0.1, 0.15) is 6.92 Å². The summed E-state index contributed by atoms with van der Waals surface area (Å²) in [4.78, 5) is 12.8. The van der Waals surface area contributed by atoms with Crippen molar-refractivity contribution in [3.05, 3.63) is 11.4 Å². The fourth-order valence-electron chi connectivity index (χ4n) is 0.0636. The van der Waals surface area contributed by atoms with Crippen LogP contribution in [0.4, 0.5) is 0 Å². The van der Waals surface area contributed by atoms with Crippen molar-refractivity contribution in [2.24, 2.45) is 5.73 Å². The van der Waals surface area contributed by atoms with Gasteiger partial charge in [0.05, 0.1) is 0 Å². The molecule has 0 aliphatic heterocycles. The fraction of sp³-hybridized carbons (Fsp3) is 0.500. The van der Waals surface area contributed by atoms with E-state index < -0.39 is 11.9 Å². The van der Waals surface area contributed by atoms with E-state index in [2.05, 4.69) is 4.85 Å². The van der Waals surface area contributed by atoms with E-state index in [4.69, 9.17) is 12.3 Å². The van der Waals surface area contributed by atoms with Gasteiger partial charge in [-0.3, -0.25) is 4.79 Å². The molecule has 0 aromatic carbocycles. The number of carbonyl (C=O) groups excluding carboxylic acids is 1. The molecule has 0 spiro atoms. The first-order chi connectivity index (χ1) is 3.18. The van der Waals surface area contributed by atoms with Gasteiger partial charge in [0.1, 0.15) is 0 Å². The molecule has 3 heteroatoms. The van der Waals surface area contributed by atoms with Gasteiger partial charge in [-0.25, -0.2) is 6.57 Å². The van der Waals surface area contributed by atoms with Crippen molar-refractivity contribution < 1.29 is 4.79 Å². The van der Waals surface area contributed by atoms with Crippen molar-refractivity contribution in [1.29, 1.82) is 0 Å². The standard InChI is InChI=1S/C4H6N2O/c1-3(6-2)4(5)7/h3H,1H3,(H2,5,7). The topological polar surface area (TPSA) is 47.5 Å². The lowest BCUT2D eigenvalue weighted by Crippen LogP contribution is -2.21. The molecule has 0 aromatic rings. The number of primary amides is 1. The Morgan fingerprint density at radius 1 is 2.00 bits per heavy atom. The Morgan fingerprint density at radius 3 is 2.43 bits per heavy atom. The van der Waals surface area contributed by atoms with Gasteiger partial charge in [0.25, 0.3) is 11.9 Å². The molecule has 0 aromatic heterocycles. The van der Waals surface area contributed by atoms with Gasteiger partial charge in [0, 0.05) is 6.92 Å². The minimum absolute atomic E-state index is 0.560. The summed E-state index contributed by atoms with van der Waals surface area (Å²) in [6.45, 7) is 7.73. The molecule has 1 atom stereocenters. The van der Waals surface area contributed by atoms with Crippen molar-refractivity contribution in [3.8, 4) is 0 Å². The average molecular weight is 98.1 g/mol. The molecule has 0 rings (SSSR count). The Labute approximate surface area is 41.9 Å². The lowest BCUT2D eigenvalue weighted by molar-refractivity contribution is -0.118. The summed E-state index contributed by atoms with van der Waals surface area (Å²) < 4.78 is 0. The first kappa shape index (κ1) is 5.96. The van der Waals surface area contributed by atoms with Crippen molar-refractivity contribution in [1.82, 2.24) is 0 Å². The number of amides is 1. The number of hydrogen-bond acceptors (Lipinski definition) is 1. The zero-order valence-corrected chi connectivity index (χ0v) is 4.01. The third-order valence-corrected chi connectivity index (χ3v) is 0.605. The molecule has 7 heavy (non-hydrogen) atoms. The largest absolute Gasteiger partial charge is 0.363 e. The Bertz CT molecular complexity index is 113.